The van der Waals surface area contributed by atoms with Crippen LogP contribution in [0.15, 0.2) is 48.5 Å². The first-order valence-electron chi connectivity index (χ1n) is 6.98. The number of nitrogens with two attached hydrogens (primary N) is 1. The zero-order valence-electron chi connectivity index (χ0n) is 12.4. The fourth-order valence-corrected chi connectivity index (χ4v) is 2.07. The van der Waals surface area contributed by atoms with Crippen molar-refractivity contribution in [1.82, 2.24) is 0 Å². The third-order valence-corrected chi connectivity index (χ3v) is 3.08. The van der Waals surface area contributed by atoms with Gasteiger partial charge in [0.1, 0.15) is 23.9 Å². The molecule has 0 spiro atoms. The van der Waals surface area contributed by atoms with E-state index in [-0.39, 0.29) is 6.04 Å². The summed E-state index contributed by atoms with van der Waals surface area (Å²) in [6, 6.07) is 15.0. The van der Waals surface area contributed by atoms with Crippen molar-refractivity contribution < 1.29 is 14.2 Å². The Morgan fingerprint density at radius 1 is 1.00 bits per heavy atom. The number of rotatable bonds is 7. The topological polar surface area (TPSA) is 53.7 Å². The fourth-order valence-electron chi connectivity index (χ4n) is 2.07. The maximum Gasteiger partial charge on any atom is 0.123 e. The first-order chi connectivity index (χ1) is 10.2. The molecule has 2 aromatic carbocycles. The van der Waals surface area contributed by atoms with E-state index < -0.39 is 0 Å². The highest BCUT2D eigenvalue weighted by molar-refractivity contribution is 5.36. The molecular weight excluding hydrogens is 266 g/mol. The second-order valence-corrected chi connectivity index (χ2v) is 4.57. The molecule has 2 aromatic rings. The smallest absolute Gasteiger partial charge is 0.123 e. The summed E-state index contributed by atoms with van der Waals surface area (Å²) in [6.07, 6.45) is 0. The van der Waals surface area contributed by atoms with Crippen molar-refractivity contribution in [2.24, 2.45) is 5.73 Å². The lowest BCUT2D eigenvalue weighted by Crippen LogP contribution is -2.19. The largest absolute Gasteiger partial charge is 0.496 e. The van der Waals surface area contributed by atoms with Gasteiger partial charge in [-0.15, -0.1) is 0 Å². The molecule has 0 aliphatic heterocycles. The van der Waals surface area contributed by atoms with Gasteiger partial charge in [0.05, 0.1) is 19.8 Å². The van der Waals surface area contributed by atoms with E-state index in [9.17, 15) is 0 Å². The van der Waals surface area contributed by atoms with Crippen molar-refractivity contribution in [1.29, 1.82) is 0 Å². The summed E-state index contributed by atoms with van der Waals surface area (Å²) in [6.45, 7) is 2.95. The van der Waals surface area contributed by atoms with Crippen LogP contribution >= 0.6 is 0 Å². The quantitative estimate of drug-likeness (QED) is 0.850. The second-order valence-electron chi connectivity index (χ2n) is 4.57. The minimum absolute atomic E-state index is 0.253. The summed E-state index contributed by atoms with van der Waals surface area (Å²) in [7, 11) is 1.64. The van der Waals surface area contributed by atoms with Gasteiger partial charge in [-0.2, -0.15) is 0 Å². The minimum atomic E-state index is -0.253. The van der Waals surface area contributed by atoms with Gasteiger partial charge in [-0.3, -0.25) is 0 Å². The van der Waals surface area contributed by atoms with Crippen LogP contribution in [0.5, 0.6) is 17.2 Å². The van der Waals surface area contributed by atoms with E-state index in [0.717, 1.165) is 22.8 Å². The zero-order valence-corrected chi connectivity index (χ0v) is 12.4. The number of hydrogen-bond donors (Lipinski definition) is 1. The number of methoxy groups -OCH3 is 1. The van der Waals surface area contributed by atoms with Crippen LogP contribution in [0.3, 0.4) is 0 Å². The van der Waals surface area contributed by atoms with Gasteiger partial charge in [0.15, 0.2) is 0 Å². The summed E-state index contributed by atoms with van der Waals surface area (Å²) < 4.78 is 16.5. The molecule has 2 rings (SSSR count). The molecule has 0 fully saturated rings. The monoisotopic (exact) mass is 287 g/mol. The summed E-state index contributed by atoms with van der Waals surface area (Å²) in [5.74, 6) is 2.31. The van der Waals surface area contributed by atoms with Crippen LogP contribution in [0.4, 0.5) is 0 Å². The molecular formula is C17H21NO3. The molecule has 0 amide bonds. The van der Waals surface area contributed by atoms with Gasteiger partial charge >= 0.3 is 0 Å². The molecule has 0 aliphatic rings. The molecule has 0 heterocycles. The van der Waals surface area contributed by atoms with Gasteiger partial charge in [0.25, 0.3) is 0 Å². The van der Waals surface area contributed by atoms with Crippen molar-refractivity contribution in [3.05, 3.63) is 54.1 Å². The SMILES string of the molecule is CCOc1cccc(OCC(N)c2ccccc2OC)c1. The van der Waals surface area contributed by atoms with Gasteiger partial charge in [-0.1, -0.05) is 24.3 Å². The van der Waals surface area contributed by atoms with E-state index in [4.69, 9.17) is 19.9 Å². The van der Waals surface area contributed by atoms with Crippen LogP contribution in [0.2, 0.25) is 0 Å². The summed E-state index contributed by atoms with van der Waals surface area (Å²) in [5.41, 5.74) is 7.11. The molecule has 0 aromatic heterocycles. The van der Waals surface area contributed by atoms with Crippen LogP contribution in [-0.4, -0.2) is 20.3 Å². The summed E-state index contributed by atoms with van der Waals surface area (Å²) in [4.78, 5) is 0. The Morgan fingerprint density at radius 3 is 2.43 bits per heavy atom. The highest BCUT2D eigenvalue weighted by atomic mass is 16.5. The van der Waals surface area contributed by atoms with Gasteiger partial charge in [-0.05, 0) is 25.1 Å². The lowest BCUT2D eigenvalue weighted by Gasteiger charge is -2.16. The van der Waals surface area contributed by atoms with E-state index >= 15 is 0 Å². The van der Waals surface area contributed by atoms with Gasteiger partial charge in [-0.25, -0.2) is 0 Å². The highest BCUT2D eigenvalue weighted by Crippen LogP contribution is 2.25. The molecule has 1 atom stereocenters. The van der Waals surface area contributed by atoms with Crippen LogP contribution in [0.1, 0.15) is 18.5 Å². The van der Waals surface area contributed by atoms with Crippen LogP contribution in [-0.2, 0) is 0 Å². The van der Waals surface area contributed by atoms with Gasteiger partial charge in [0.2, 0.25) is 0 Å². The third kappa shape index (κ3) is 4.13. The predicted molar refractivity (Wildman–Crippen MR) is 83.0 cm³/mol. The third-order valence-electron chi connectivity index (χ3n) is 3.08. The lowest BCUT2D eigenvalue weighted by atomic mass is 10.1. The zero-order chi connectivity index (χ0) is 15.1. The fraction of sp³-hybridized carbons (Fsp3) is 0.294. The van der Waals surface area contributed by atoms with Gasteiger partial charge in [0, 0.05) is 11.6 Å². The number of ether oxygens (including phenoxy) is 3. The highest BCUT2D eigenvalue weighted by Gasteiger charge is 2.12. The molecule has 2 N–H and O–H groups in total. The summed E-state index contributed by atoms with van der Waals surface area (Å²) in [5, 5.41) is 0. The standard InChI is InChI=1S/C17H21NO3/c1-3-20-13-7-6-8-14(11-13)21-12-16(18)15-9-4-5-10-17(15)19-2/h4-11,16H,3,12,18H2,1-2H3. The maximum atomic E-state index is 6.18. The van der Waals surface area contributed by atoms with Crippen molar-refractivity contribution in [3.8, 4) is 17.2 Å². The normalized spacial score (nSPS) is 11.8. The predicted octanol–water partition coefficient (Wildman–Crippen LogP) is 3.17. The molecule has 1 unspecified atom stereocenters. The average Bonchev–Trinajstić information content (AvgIpc) is 2.53. The number of benzene rings is 2. The van der Waals surface area contributed by atoms with Crippen molar-refractivity contribution in [3.63, 3.8) is 0 Å². The Labute approximate surface area is 125 Å². The van der Waals surface area contributed by atoms with Crippen LogP contribution in [0, 0.1) is 0 Å². The maximum absolute atomic E-state index is 6.18. The molecule has 112 valence electrons. The summed E-state index contributed by atoms with van der Waals surface area (Å²) >= 11 is 0. The van der Waals surface area contributed by atoms with E-state index in [1.165, 1.54) is 0 Å². The van der Waals surface area contributed by atoms with E-state index in [2.05, 4.69) is 0 Å². The molecule has 0 saturated heterocycles. The van der Waals surface area contributed by atoms with E-state index in [1.54, 1.807) is 7.11 Å². The first-order valence-corrected chi connectivity index (χ1v) is 6.98. The van der Waals surface area contributed by atoms with Crippen LogP contribution in [0.25, 0.3) is 0 Å². The Morgan fingerprint density at radius 2 is 1.71 bits per heavy atom. The van der Waals surface area contributed by atoms with Gasteiger partial charge < -0.3 is 19.9 Å². The van der Waals surface area contributed by atoms with E-state index in [0.29, 0.717) is 13.2 Å². The lowest BCUT2D eigenvalue weighted by molar-refractivity contribution is 0.283. The number of hydrogen-bond acceptors (Lipinski definition) is 4. The molecule has 0 saturated carbocycles. The molecule has 0 radical (unpaired) electrons. The molecule has 21 heavy (non-hydrogen) atoms. The molecule has 4 heteroatoms. The molecule has 4 nitrogen and oxygen atoms in total. The van der Waals surface area contributed by atoms with Crippen LogP contribution < -0.4 is 19.9 Å². The average molecular weight is 287 g/mol. The first kappa shape index (κ1) is 15.2. The second kappa shape index (κ2) is 7.55. The number of para-hydroxylation sites is 1. The Hall–Kier alpha value is -2.20. The Bertz CT molecular complexity index is 571. The van der Waals surface area contributed by atoms with Crippen molar-refractivity contribution >= 4 is 0 Å². The Balaban J connectivity index is 2.00. The minimum Gasteiger partial charge on any atom is -0.496 e. The molecule has 0 bridgehead atoms. The molecule has 0 aliphatic carbocycles. The van der Waals surface area contributed by atoms with E-state index in [1.807, 2.05) is 55.5 Å². The van der Waals surface area contributed by atoms with Crippen molar-refractivity contribution in [2.75, 3.05) is 20.3 Å². The Kier molecular flexibility index (Phi) is 5.46. The van der Waals surface area contributed by atoms with Crippen molar-refractivity contribution in [2.45, 2.75) is 13.0 Å².